The molecule has 5 nitrogen and oxygen atoms in total. The summed E-state index contributed by atoms with van der Waals surface area (Å²) in [7, 11) is 2.09. The molecule has 0 spiro atoms. The van der Waals surface area contributed by atoms with E-state index >= 15 is 0 Å². The van der Waals surface area contributed by atoms with E-state index in [9.17, 15) is 0 Å². The fourth-order valence-electron chi connectivity index (χ4n) is 1.89. The van der Waals surface area contributed by atoms with Crippen LogP contribution in [0, 0.1) is 0 Å². The lowest BCUT2D eigenvalue weighted by atomic mass is 10.4. The summed E-state index contributed by atoms with van der Waals surface area (Å²) >= 11 is 1.52. The zero-order valence-corrected chi connectivity index (χ0v) is 11.3. The van der Waals surface area contributed by atoms with Crippen LogP contribution in [0.2, 0.25) is 0 Å². The molecule has 18 heavy (non-hydrogen) atoms. The first-order valence-corrected chi connectivity index (χ1v) is 7.11. The second kappa shape index (κ2) is 5.06. The van der Waals surface area contributed by atoms with Crippen LogP contribution in [-0.4, -0.2) is 32.5 Å². The van der Waals surface area contributed by atoms with Crippen LogP contribution < -0.4 is 4.90 Å². The molecule has 2 aromatic heterocycles. The Balaban J connectivity index is 1.49. The third kappa shape index (κ3) is 2.69. The number of hydrogen-bond donors (Lipinski definition) is 0. The Kier molecular flexibility index (Phi) is 3.27. The summed E-state index contributed by atoms with van der Waals surface area (Å²) in [5.74, 6) is 1.70. The summed E-state index contributed by atoms with van der Waals surface area (Å²) in [5, 5.41) is 1.04. The molecule has 0 aromatic carbocycles. The molecule has 2 heterocycles. The number of aryl methyl sites for hydroxylation is 1. The van der Waals surface area contributed by atoms with Crippen LogP contribution in [0.25, 0.3) is 0 Å². The SMILES string of the molecule is CN(CCCn1ccnc1)c1nc(C2CC2)ns1. The maximum absolute atomic E-state index is 4.60. The van der Waals surface area contributed by atoms with Gasteiger partial charge in [0.15, 0.2) is 0 Å². The van der Waals surface area contributed by atoms with Crippen molar-refractivity contribution in [1.82, 2.24) is 18.9 Å². The van der Waals surface area contributed by atoms with Crippen molar-refractivity contribution in [3.05, 3.63) is 24.5 Å². The van der Waals surface area contributed by atoms with Gasteiger partial charge in [0.05, 0.1) is 6.33 Å². The summed E-state index contributed by atoms with van der Waals surface area (Å²) < 4.78 is 6.53. The van der Waals surface area contributed by atoms with Crippen molar-refractivity contribution in [1.29, 1.82) is 0 Å². The number of aromatic nitrogens is 4. The summed E-state index contributed by atoms with van der Waals surface area (Å²) in [6.07, 6.45) is 9.29. The van der Waals surface area contributed by atoms with Crippen LogP contribution in [0.4, 0.5) is 5.13 Å². The molecule has 0 aliphatic heterocycles. The lowest BCUT2D eigenvalue weighted by molar-refractivity contribution is 0.637. The number of rotatable bonds is 6. The minimum atomic E-state index is 0.648. The highest BCUT2D eigenvalue weighted by Crippen LogP contribution is 2.39. The van der Waals surface area contributed by atoms with Gasteiger partial charge in [-0.2, -0.15) is 4.37 Å². The minimum Gasteiger partial charge on any atom is -0.350 e. The van der Waals surface area contributed by atoms with Crippen LogP contribution >= 0.6 is 11.5 Å². The first kappa shape index (κ1) is 11.6. The quantitative estimate of drug-likeness (QED) is 0.801. The number of imidazole rings is 1. The van der Waals surface area contributed by atoms with Crippen LogP contribution in [0.15, 0.2) is 18.7 Å². The molecule has 0 atom stereocenters. The monoisotopic (exact) mass is 263 g/mol. The fourth-order valence-corrected chi connectivity index (χ4v) is 2.62. The Morgan fingerprint density at radius 2 is 2.39 bits per heavy atom. The molecule has 96 valence electrons. The Morgan fingerprint density at radius 1 is 1.50 bits per heavy atom. The molecule has 6 heteroatoms. The highest BCUT2D eigenvalue weighted by molar-refractivity contribution is 7.09. The lowest BCUT2D eigenvalue weighted by Gasteiger charge is -2.14. The molecule has 0 bridgehead atoms. The van der Waals surface area contributed by atoms with Crippen molar-refractivity contribution in [2.24, 2.45) is 0 Å². The lowest BCUT2D eigenvalue weighted by Crippen LogP contribution is -2.19. The van der Waals surface area contributed by atoms with Gasteiger partial charge in [-0.3, -0.25) is 0 Å². The molecule has 0 radical (unpaired) electrons. The fraction of sp³-hybridized carbons (Fsp3) is 0.583. The van der Waals surface area contributed by atoms with Gasteiger partial charge in [0.1, 0.15) is 5.82 Å². The van der Waals surface area contributed by atoms with E-state index in [4.69, 9.17) is 0 Å². The van der Waals surface area contributed by atoms with Crippen molar-refractivity contribution in [2.45, 2.75) is 31.7 Å². The number of nitrogens with zero attached hydrogens (tertiary/aromatic N) is 5. The van der Waals surface area contributed by atoms with E-state index in [2.05, 4.69) is 30.9 Å². The van der Waals surface area contributed by atoms with Gasteiger partial charge in [-0.25, -0.2) is 9.97 Å². The molecule has 1 fully saturated rings. The average Bonchev–Trinajstić information content (AvgIpc) is 2.92. The van der Waals surface area contributed by atoms with Gasteiger partial charge in [0.25, 0.3) is 0 Å². The predicted octanol–water partition coefficient (Wildman–Crippen LogP) is 2.14. The van der Waals surface area contributed by atoms with Gasteiger partial charge in [-0.15, -0.1) is 0 Å². The van der Waals surface area contributed by atoms with Crippen molar-refractivity contribution >= 4 is 16.7 Å². The van der Waals surface area contributed by atoms with E-state index in [0.29, 0.717) is 5.92 Å². The molecule has 0 saturated heterocycles. The van der Waals surface area contributed by atoms with Crippen LogP contribution in [0.5, 0.6) is 0 Å². The molecule has 0 N–H and O–H groups in total. The normalized spacial score (nSPS) is 14.9. The topological polar surface area (TPSA) is 46.8 Å². The first-order valence-electron chi connectivity index (χ1n) is 6.33. The van der Waals surface area contributed by atoms with Gasteiger partial charge < -0.3 is 9.47 Å². The van der Waals surface area contributed by atoms with Crippen LogP contribution in [0.1, 0.15) is 31.0 Å². The van der Waals surface area contributed by atoms with E-state index in [0.717, 1.165) is 30.5 Å². The van der Waals surface area contributed by atoms with Gasteiger partial charge in [-0.05, 0) is 19.3 Å². The molecule has 0 unspecified atom stereocenters. The molecule has 1 saturated carbocycles. The van der Waals surface area contributed by atoms with Crippen molar-refractivity contribution in [3.8, 4) is 0 Å². The molecule has 0 amide bonds. The van der Waals surface area contributed by atoms with Gasteiger partial charge in [-0.1, -0.05) is 0 Å². The van der Waals surface area contributed by atoms with E-state index in [1.165, 1.54) is 24.4 Å². The van der Waals surface area contributed by atoms with E-state index in [1.807, 2.05) is 18.7 Å². The molecule has 1 aliphatic rings. The molecule has 1 aliphatic carbocycles. The van der Waals surface area contributed by atoms with E-state index in [-0.39, 0.29) is 0 Å². The summed E-state index contributed by atoms with van der Waals surface area (Å²) in [4.78, 5) is 10.8. The Bertz CT molecular complexity index is 488. The molecular formula is C12H17N5S. The predicted molar refractivity (Wildman–Crippen MR) is 72.0 cm³/mol. The number of anilines is 1. The maximum atomic E-state index is 4.60. The second-order valence-electron chi connectivity index (χ2n) is 4.79. The molecular weight excluding hydrogens is 246 g/mol. The number of hydrogen-bond acceptors (Lipinski definition) is 5. The molecule has 2 aromatic rings. The smallest absolute Gasteiger partial charge is 0.204 e. The summed E-state index contributed by atoms with van der Waals surface area (Å²) in [5.41, 5.74) is 0. The Labute approximate surface area is 111 Å². The molecule has 3 rings (SSSR count). The Morgan fingerprint density at radius 3 is 3.11 bits per heavy atom. The van der Waals surface area contributed by atoms with E-state index < -0.39 is 0 Å². The largest absolute Gasteiger partial charge is 0.350 e. The van der Waals surface area contributed by atoms with Gasteiger partial charge >= 0.3 is 0 Å². The van der Waals surface area contributed by atoms with Gasteiger partial charge in [0.2, 0.25) is 5.13 Å². The minimum absolute atomic E-state index is 0.648. The third-order valence-electron chi connectivity index (χ3n) is 3.17. The van der Waals surface area contributed by atoms with E-state index in [1.54, 1.807) is 0 Å². The maximum Gasteiger partial charge on any atom is 0.204 e. The zero-order chi connectivity index (χ0) is 12.4. The first-order chi connectivity index (χ1) is 8.83. The average molecular weight is 263 g/mol. The zero-order valence-electron chi connectivity index (χ0n) is 10.5. The van der Waals surface area contributed by atoms with Crippen LogP contribution in [-0.2, 0) is 6.54 Å². The van der Waals surface area contributed by atoms with Gasteiger partial charge in [0, 0.05) is 50.0 Å². The van der Waals surface area contributed by atoms with Crippen molar-refractivity contribution < 1.29 is 0 Å². The van der Waals surface area contributed by atoms with Crippen LogP contribution in [0.3, 0.4) is 0 Å². The standard InChI is InChI=1S/C12H17N5S/c1-16(6-2-7-17-8-5-13-9-17)12-14-11(15-18-12)10-3-4-10/h5,8-10H,2-4,6-7H2,1H3. The summed E-state index contributed by atoms with van der Waals surface area (Å²) in [6.45, 7) is 2.00. The van der Waals surface area contributed by atoms with Crippen molar-refractivity contribution in [2.75, 3.05) is 18.5 Å². The highest BCUT2D eigenvalue weighted by atomic mass is 32.1. The Hall–Kier alpha value is -1.43. The van der Waals surface area contributed by atoms with Crippen molar-refractivity contribution in [3.63, 3.8) is 0 Å². The highest BCUT2D eigenvalue weighted by Gasteiger charge is 2.28. The third-order valence-corrected chi connectivity index (χ3v) is 4.01. The second-order valence-corrected chi connectivity index (χ2v) is 5.52. The summed E-state index contributed by atoms with van der Waals surface area (Å²) in [6, 6.07) is 0.